The van der Waals surface area contributed by atoms with E-state index in [0.29, 0.717) is 23.0 Å². The van der Waals surface area contributed by atoms with Gasteiger partial charge in [0.05, 0.1) is 23.1 Å². The van der Waals surface area contributed by atoms with Crippen LogP contribution in [0.1, 0.15) is 58.5 Å². The SMILES string of the molecule is C[C@H](NOC(=O)c1ccc(C(=[O+])C2[C@@H]3CC[C@H]2C3)cc1)c1ccccc1. The zero-order valence-corrected chi connectivity index (χ0v) is 14.9. The number of rotatable bonds is 6. The Hall–Kier alpha value is -2.46. The van der Waals surface area contributed by atoms with E-state index in [1.807, 2.05) is 37.3 Å². The van der Waals surface area contributed by atoms with Crippen LogP contribution in [-0.4, -0.2) is 11.8 Å². The van der Waals surface area contributed by atoms with Gasteiger partial charge in [-0.15, -0.1) is 5.48 Å². The van der Waals surface area contributed by atoms with Gasteiger partial charge in [-0.1, -0.05) is 30.3 Å². The summed E-state index contributed by atoms with van der Waals surface area (Å²) in [5.41, 5.74) is 4.95. The highest BCUT2D eigenvalue weighted by Crippen LogP contribution is 2.54. The number of hydrogen-bond acceptors (Lipinski definition) is 4. The van der Waals surface area contributed by atoms with Crippen molar-refractivity contribution in [3.8, 4) is 0 Å². The van der Waals surface area contributed by atoms with Gasteiger partial charge in [-0.25, -0.2) is 4.79 Å². The molecular formula is C22H23NO3+. The maximum absolute atomic E-state index is 12.6. The van der Waals surface area contributed by atoms with Crippen LogP contribution in [0.3, 0.4) is 0 Å². The van der Waals surface area contributed by atoms with Gasteiger partial charge in [-0.3, -0.25) is 0 Å². The van der Waals surface area contributed by atoms with Crippen LogP contribution in [0.15, 0.2) is 54.6 Å². The van der Waals surface area contributed by atoms with Crippen LogP contribution in [0.4, 0.5) is 0 Å². The van der Waals surface area contributed by atoms with Crippen LogP contribution in [0.25, 0.3) is 0 Å². The van der Waals surface area contributed by atoms with Gasteiger partial charge < -0.3 is 4.84 Å². The van der Waals surface area contributed by atoms with E-state index in [1.54, 1.807) is 24.3 Å². The van der Waals surface area contributed by atoms with E-state index < -0.39 is 5.97 Å². The van der Waals surface area contributed by atoms with Crippen molar-refractivity contribution in [2.75, 3.05) is 0 Å². The molecule has 1 N–H and O–H groups in total. The number of hydroxylamine groups is 1. The fraction of sp³-hybridized carbons (Fsp3) is 0.364. The monoisotopic (exact) mass is 349 g/mol. The van der Waals surface area contributed by atoms with Crippen LogP contribution in [0.2, 0.25) is 0 Å². The van der Waals surface area contributed by atoms with Gasteiger partial charge in [-0.05, 0) is 67.9 Å². The molecule has 133 valence electrons. The van der Waals surface area contributed by atoms with E-state index in [1.165, 1.54) is 19.3 Å². The quantitative estimate of drug-likeness (QED) is 0.479. The number of benzene rings is 2. The predicted octanol–water partition coefficient (Wildman–Crippen LogP) is 4.34. The van der Waals surface area contributed by atoms with Crippen molar-refractivity contribution in [3.63, 3.8) is 0 Å². The van der Waals surface area contributed by atoms with Gasteiger partial charge in [0, 0.05) is 0 Å². The van der Waals surface area contributed by atoms with Gasteiger partial charge in [0.2, 0.25) is 4.79 Å². The highest BCUT2D eigenvalue weighted by atomic mass is 16.7. The van der Waals surface area contributed by atoms with E-state index in [9.17, 15) is 9.59 Å². The van der Waals surface area contributed by atoms with Crippen LogP contribution in [0.5, 0.6) is 0 Å². The Labute approximate surface area is 153 Å². The van der Waals surface area contributed by atoms with Gasteiger partial charge in [-0.2, -0.15) is 0 Å². The standard InChI is InChI=1S/C22H23NO3/c1-14(15-5-3-2-4-6-15)23-26-22(25)17-9-7-16(8-10-17)21(24)20-18-11-12-19(20)13-18/h2-10,14,18-20,23H,11-13H2,1H3/q+1/t14-,18-,19+,20?/m0/s1. The van der Waals surface area contributed by atoms with Crippen molar-refractivity contribution < 1.29 is 14.4 Å². The third-order valence-corrected chi connectivity index (χ3v) is 5.87. The molecule has 4 atom stereocenters. The number of nitrogens with one attached hydrogen (secondary N) is 1. The van der Waals surface area contributed by atoms with Crippen molar-refractivity contribution in [1.29, 1.82) is 0 Å². The van der Waals surface area contributed by atoms with Crippen molar-refractivity contribution in [1.82, 2.24) is 5.48 Å². The fourth-order valence-electron chi connectivity index (χ4n) is 4.30. The molecule has 3 fully saturated rings. The summed E-state index contributed by atoms with van der Waals surface area (Å²) in [5, 5.41) is 0. The highest BCUT2D eigenvalue weighted by molar-refractivity contribution is 6.00. The molecule has 4 nitrogen and oxygen atoms in total. The van der Waals surface area contributed by atoms with Crippen LogP contribution < -0.4 is 5.48 Å². The summed E-state index contributed by atoms with van der Waals surface area (Å²) in [5.74, 6) is 1.16. The van der Waals surface area contributed by atoms with Gasteiger partial charge >= 0.3 is 11.8 Å². The Morgan fingerprint density at radius 2 is 1.65 bits per heavy atom. The molecule has 0 spiro atoms. The van der Waals surface area contributed by atoms with Crippen LogP contribution >= 0.6 is 0 Å². The normalized spacial score (nSPS) is 24.6. The number of ketones is 1. The Morgan fingerprint density at radius 1 is 1.04 bits per heavy atom. The van der Waals surface area contributed by atoms with Crippen LogP contribution in [0, 0.1) is 17.8 Å². The molecule has 2 bridgehead atoms. The summed E-state index contributed by atoms with van der Waals surface area (Å²) in [4.78, 5) is 30.0. The summed E-state index contributed by atoms with van der Waals surface area (Å²) in [7, 11) is 0. The molecule has 0 aromatic heterocycles. The van der Waals surface area contributed by atoms with Crippen molar-refractivity contribution in [2.45, 2.75) is 32.2 Å². The smallest absolute Gasteiger partial charge is 0.366 e. The third-order valence-electron chi connectivity index (χ3n) is 5.87. The molecule has 0 amide bonds. The van der Waals surface area contributed by atoms with Crippen molar-refractivity contribution in [2.24, 2.45) is 17.8 Å². The second kappa shape index (κ2) is 7.04. The summed E-state index contributed by atoms with van der Waals surface area (Å²) < 4.78 is 0. The minimum absolute atomic E-state index is 0.102. The summed E-state index contributed by atoms with van der Waals surface area (Å²) in [6, 6.07) is 16.5. The Kier molecular flexibility index (Phi) is 4.60. The van der Waals surface area contributed by atoms with Gasteiger partial charge in [0.15, 0.2) is 0 Å². The van der Waals surface area contributed by atoms with E-state index in [2.05, 4.69) is 5.48 Å². The second-order valence-electron chi connectivity index (χ2n) is 7.44. The molecule has 0 aliphatic heterocycles. The number of carbonyl (C=O) groups is 2. The number of Topliss-reactive ketones (excluding diaryl/α,β-unsaturated/α-hetero) is 1. The minimum atomic E-state index is -0.449. The molecule has 1 unspecified atom stereocenters. The van der Waals surface area contributed by atoms with E-state index in [0.717, 1.165) is 5.56 Å². The lowest BCUT2D eigenvalue weighted by Gasteiger charge is -2.29. The predicted molar refractivity (Wildman–Crippen MR) is 98.5 cm³/mol. The number of fused-ring (bicyclic) bond motifs is 1. The molecule has 5 rings (SSSR count). The maximum Gasteiger partial charge on any atom is 0.478 e. The number of carbonyl (C=O) groups excluding carboxylic acids is 2. The molecule has 0 heterocycles. The first-order chi connectivity index (χ1) is 12.6. The third kappa shape index (κ3) is 3.17. The average molecular weight is 349 g/mol. The maximum atomic E-state index is 12.6. The van der Waals surface area contributed by atoms with E-state index in [4.69, 9.17) is 4.84 Å². The summed E-state index contributed by atoms with van der Waals surface area (Å²) in [6.45, 7) is 1.93. The second-order valence-corrected chi connectivity index (χ2v) is 7.44. The average Bonchev–Trinajstić information content (AvgIpc) is 3.32. The van der Waals surface area contributed by atoms with Crippen molar-refractivity contribution in [3.05, 3.63) is 71.3 Å². The first-order valence-electron chi connectivity index (χ1n) is 9.29. The molecule has 1 radical (unpaired) electrons. The first-order valence-corrected chi connectivity index (χ1v) is 9.29. The zero-order chi connectivity index (χ0) is 18.1. The van der Waals surface area contributed by atoms with Gasteiger partial charge in [0.1, 0.15) is 0 Å². The molecule has 0 saturated heterocycles. The lowest BCUT2D eigenvalue weighted by Crippen LogP contribution is -2.35. The lowest BCUT2D eigenvalue weighted by molar-refractivity contribution is 0.0169. The Balaban J connectivity index is 1.34. The first kappa shape index (κ1) is 17.0. The topological polar surface area (TPSA) is 58.2 Å². The molecule has 2 aromatic carbocycles. The van der Waals surface area contributed by atoms with Gasteiger partial charge in [0.25, 0.3) is 0 Å². The molecular weight excluding hydrogens is 326 g/mol. The fourth-order valence-corrected chi connectivity index (χ4v) is 4.30. The largest absolute Gasteiger partial charge is 0.478 e. The highest BCUT2D eigenvalue weighted by Gasteiger charge is 2.56. The van der Waals surface area contributed by atoms with E-state index >= 15 is 0 Å². The molecule has 4 heteroatoms. The molecule has 3 saturated carbocycles. The van der Waals surface area contributed by atoms with Crippen LogP contribution in [-0.2, 0) is 4.84 Å². The minimum Gasteiger partial charge on any atom is -0.366 e. The molecule has 2 aromatic rings. The Bertz CT molecular complexity index is 786. The van der Waals surface area contributed by atoms with E-state index in [-0.39, 0.29) is 17.7 Å². The number of hydrogen-bond donors (Lipinski definition) is 1. The summed E-state index contributed by atoms with van der Waals surface area (Å²) in [6.07, 6.45) is 3.60. The molecule has 26 heavy (non-hydrogen) atoms. The molecule has 3 aliphatic rings. The van der Waals surface area contributed by atoms with Crippen molar-refractivity contribution >= 4 is 11.8 Å². The Morgan fingerprint density at radius 3 is 2.27 bits per heavy atom. The summed E-state index contributed by atoms with van der Waals surface area (Å²) >= 11 is 0. The zero-order valence-electron chi connectivity index (χ0n) is 14.9. The molecule has 3 aliphatic carbocycles. The lowest BCUT2D eigenvalue weighted by atomic mass is 9.69.